The second-order valence-electron chi connectivity index (χ2n) is 2.92. The monoisotopic (exact) mass is 215 g/mol. The first-order valence-electron chi connectivity index (χ1n) is 4.21. The lowest BCUT2D eigenvalue weighted by Crippen LogP contribution is -2.25. The average Bonchev–Trinajstić information content (AvgIpc) is 2.18. The van der Waals surface area contributed by atoms with E-state index in [1.165, 1.54) is 0 Å². The largest absolute Gasteiger partial charge is 0.395 e. The van der Waals surface area contributed by atoms with Crippen LogP contribution in [0.15, 0.2) is 30.3 Å². The van der Waals surface area contributed by atoms with Gasteiger partial charge in [0.2, 0.25) is 0 Å². The molecule has 0 amide bonds. The highest BCUT2D eigenvalue weighted by molar-refractivity contribution is 7.91. The highest BCUT2D eigenvalue weighted by Gasteiger charge is 2.21. The maximum Gasteiger partial charge on any atom is 0.172 e. The quantitative estimate of drug-likeness (QED) is 0.743. The number of aliphatic hydroxyl groups is 1. The van der Waals surface area contributed by atoms with Gasteiger partial charge < -0.3 is 10.8 Å². The Labute approximate surface area is 83.3 Å². The van der Waals surface area contributed by atoms with Gasteiger partial charge in [0, 0.05) is 0 Å². The zero-order valence-corrected chi connectivity index (χ0v) is 8.44. The van der Waals surface area contributed by atoms with Gasteiger partial charge in [0.25, 0.3) is 0 Å². The fraction of sp³-hybridized carbons (Fsp3) is 0.333. The lowest BCUT2D eigenvalue weighted by molar-refractivity contribution is 0.319. The van der Waals surface area contributed by atoms with E-state index in [0.29, 0.717) is 5.56 Å². The summed E-state index contributed by atoms with van der Waals surface area (Å²) in [5, 5.41) is 7.52. The Kier molecular flexibility index (Phi) is 3.62. The zero-order chi connectivity index (χ0) is 10.6. The van der Waals surface area contributed by atoms with Crippen LogP contribution in [0.1, 0.15) is 10.9 Å². The molecule has 1 rings (SSSR count). The summed E-state index contributed by atoms with van der Waals surface area (Å²) in [6, 6.07) is 8.54. The first-order valence-corrected chi connectivity index (χ1v) is 5.92. The molecule has 0 radical (unpaired) electrons. The Balaban J connectivity index is 2.91. The van der Waals surface area contributed by atoms with Crippen molar-refractivity contribution >= 4 is 9.84 Å². The first-order chi connectivity index (χ1) is 6.58. The van der Waals surface area contributed by atoms with Crippen LogP contribution < -0.4 is 5.73 Å². The van der Waals surface area contributed by atoms with Crippen molar-refractivity contribution < 1.29 is 13.5 Å². The molecule has 0 aliphatic carbocycles. The summed E-state index contributed by atoms with van der Waals surface area (Å²) in [7, 11) is -3.44. The second-order valence-corrected chi connectivity index (χ2v) is 5.16. The third-order valence-electron chi connectivity index (χ3n) is 1.89. The summed E-state index contributed by atoms with van der Waals surface area (Å²) in [6.45, 7) is -0.400. The number of sulfone groups is 1. The lowest BCUT2D eigenvalue weighted by atomic mass is 10.2. The summed E-state index contributed by atoms with van der Waals surface area (Å²) in [5.74, 6) is -0.303. The van der Waals surface area contributed by atoms with E-state index < -0.39 is 21.8 Å². The number of hydrogen-bond donors (Lipinski definition) is 2. The molecular weight excluding hydrogens is 202 g/mol. The number of nitrogens with two attached hydrogens (primary N) is 1. The Morgan fingerprint density at radius 3 is 2.36 bits per heavy atom. The third kappa shape index (κ3) is 2.54. The van der Waals surface area contributed by atoms with Crippen LogP contribution in [0.25, 0.3) is 0 Å². The van der Waals surface area contributed by atoms with Gasteiger partial charge in [-0.2, -0.15) is 0 Å². The molecule has 0 saturated carbocycles. The minimum Gasteiger partial charge on any atom is -0.395 e. The standard InChI is InChI=1S/C9H13NO3S/c10-9(14(12,13)7-6-11)8-4-2-1-3-5-8/h1-5,9,11H,6-7,10H2. The van der Waals surface area contributed by atoms with Crippen LogP contribution in [0.3, 0.4) is 0 Å². The summed E-state index contributed by atoms with van der Waals surface area (Å²) in [6.07, 6.45) is 0. The van der Waals surface area contributed by atoms with Crippen LogP contribution >= 0.6 is 0 Å². The number of aliphatic hydroxyl groups excluding tert-OH is 1. The normalized spacial score (nSPS) is 13.9. The number of hydrogen-bond acceptors (Lipinski definition) is 4. The average molecular weight is 215 g/mol. The predicted octanol–water partition coefficient (Wildman–Crippen LogP) is 0.0510. The van der Waals surface area contributed by atoms with E-state index in [0.717, 1.165) is 0 Å². The van der Waals surface area contributed by atoms with Crippen LogP contribution in [0.5, 0.6) is 0 Å². The van der Waals surface area contributed by atoms with Crippen LogP contribution in [-0.4, -0.2) is 25.9 Å². The molecule has 1 aromatic rings. The van der Waals surface area contributed by atoms with Crippen molar-refractivity contribution in [1.29, 1.82) is 0 Å². The SMILES string of the molecule is NC(c1ccccc1)S(=O)(=O)CCO. The number of rotatable bonds is 4. The van der Waals surface area contributed by atoms with Gasteiger partial charge in [-0.1, -0.05) is 30.3 Å². The smallest absolute Gasteiger partial charge is 0.172 e. The van der Waals surface area contributed by atoms with Gasteiger partial charge in [0.05, 0.1) is 12.4 Å². The Bertz CT molecular complexity index is 374. The topological polar surface area (TPSA) is 80.4 Å². The molecule has 0 saturated heterocycles. The molecule has 0 heterocycles. The summed E-state index contributed by atoms with van der Waals surface area (Å²) < 4.78 is 22.9. The molecule has 1 atom stereocenters. The lowest BCUT2D eigenvalue weighted by Gasteiger charge is -2.11. The second kappa shape index (κ2) is 4.54. The molecule has 0 bridgehead atoms. The minimum atomic E-state index is -3.44. The van der Waals surface area contributed by atoms with Crippen molar-refractivity contribution in [2.75, 3.05) is 12.4 Å². The Morgan fingerprint density at radius 2 is 1.86 bits per heavy atom. The van der Waals surface area contributed by atoms with E-state index in [1.807, 2.05) is 0 Å². The van der Waals surface area contributed by atoms with Crippen LogP contribution in [-0.2, 0) is 9.84 Å². The molecule has 78 valence electrons. The highest BCUT2D eigenvalue weighted by atomic mass is 32.2. The fourth-order valence-electron chi connectivity index (χ4n) is 1.10. The molecule has 14 heavy (non-hydrogen) atoms. The molecule has 0 aliphatic heterocycles. The summed E-state index contributed by atoms with van der Waals surface area (Å²) >= 11 is 0. The van der Waals surface area contributed by atoms with Gasteiger partial charge in [-0.15, -0.1) is 0 Å². The third-order valence-corrected chi connectivity index (χ3v) is 3.69. The van der Waals surface area contributed by atoms with Gasteiger partial charge in [0.1, 0.15) is 5.37 Å². The van der Waals surface area contributed by atoms with E-state index in [-0.39, 0.29) is 5.75 Å². The molecule has 0 fully saturated rings. The fourth-order valence-corrected chi connectivity index (χ4v) is 2.18. The van der Waals surface area contributed by atoms with Crippen LogP contribution in [0, 0.1) is 0 Å². The molecule has 4 nitrogen and oxygen atoms in total. The van der Waals surface area contributed by atoms with Crippen molar-refractivity contribution in [2.45, 2.75) is 5.37 Å². The molecule has 0 spiro atoms. The van der Waals surface area contributed by atoms with Crippen molar-refractivity contribution in [3.63, 3.8) is 0 Å². The summed E-state index contributed by atoms with van der Waals surface area (Å²) in [5.41, 5.74) is 6.10. The minimum absolute atomic E-state index is 0.303. The molecular formula is C9H13NO3S. The van der Waals surface area contributed by atoms with Gasteiger partial charge >= 0.3 is 0 Å². The van der Waals surface area contributed by atoms with Crippen molar-refractivity contribution in [2.24, 2.45) is 5.73 Å². The van der Waals surface area contributed by atoms with E-state index in [9.17, 15) is 8.42 Å². The Hall–Kier alpha value is -0.910. The van der Waals surface area contributed by atoms with Gasteiger partial charge in [0.15, 0.2) is 9.84 Å². The zero-order valence-electron chi connectivity index (χ0n) is 7.63. The van der Waals surface area contributed by atoms with E-state index >= 15 is 0 Å². The first kappa shape index (κ1) is 11.2. The summed E-state index contributed by atoms with van der Waals surface area (Å²) in [4.78, 5) is 0. The molecule has 0 aromatic heterocycles. The molecule has 1 unspecified atom stereocenters. The van der Waals surface area contributed by atoms with E-state index in [2.05, 4.69) is 0 Å². The van der Waals surface area contributed by atoms with Crippen LogP contribution in [0.2, 0.25) is 0 Å². The van der Waals surface area contributed by atoms with Crippen molar-refractivity contribution in [1.82, 2.24) is 0 Å². The van der Waals surface area contributed by atoms with Crippen molar-refractivity contribution in [3.8, 4) is 0 Å². The van der Waals surface area contributed by atoms with Crippen LogP contribution in [0.4, 0.5) is 0 Å². The maximum absolute atomic E-state index is 11.4. The molecule has 3 N–H and O–H groups in total. The van der Waals surface area contributed by atoms with Gasteiger partial charge in [-0.3, -0.25) is 0 Å². The predicted molar refractivity (Wildman–Crippen MR) is 54.2 cm³/mol. The Morgan fingerprint density at radius 1 is 1.29 bits per heavy atom. The van der Waals surface area contributed by atoms with Crippen molar-refractivity contribution in [3.05, 3.63) is 35.9 Å². The molecule has 5 heteroatoms. The molecule has 0 aliphatic rings. The van der Waals surface area contributed by atoms with Gasteiger partial charge in [-0.05, 0) is 5.56 Å². The highest BCUT2D eigenvalue weighted by Crippen LogP contribution is 2.16. The maximum atomic E-state index is 11.4. The van der Waals surface area contributed by atoms with E-state index in [4.69, 9.17) is 10.8 Å². The van der Waals surface area contributed by atoms with E-state index in [1.54, 1.807) is 30.3 Å². The van der Waals surface area contributed by atoms with Gasteiger partial charge in [-0.25, -0.2) is 8.42 Å². The number of benzene rings is 1. The molecule has 1 aromatic carbocycles.